The number of carbonyl (C=O) groups excluding carboxylic acids is 1. The van der Waals surface area contributed by atoms with E-state index < -0.39 is 0 Å². The van der Waals surface area contributed by atoms with Crippen LogP contribution in [0.2, 0.25) is 0 Å². The van der Waals surface area contributed by atoms with Gasteiger partial charge in [-0.2, -0.15) is 0 Å². The number of nitrogens with zero attached hydrogens (tertiary/aromatic N) is 3. The standard InChI is InChI=1S/C12H11N3O2/c1-8(16)15-7-11-12(13-15)14(2)9-5-3-4-6-10(9)17-11/h3-7H,1-2H3. The second-order valence-electron chi connectivity index (χ2n) is 3.91. The molecule has 0 spiro atoms. The summed E-state index contributed by atoms with van der Waals surface area (Å²) in [6, 6.07) is 7.68. The highest BCUT2D eigenvalue weighted by atomic mass is 16.5. The molecule has 0 saturated carbocycles. The summed E-state index contributed by atoms with van der Waals surface area (Å²) >= 11 is 0. The molecule has 1 aromatic carbocycles. The molecule has 0 unspecified atom stereocenters. The van der Waals surface area contributed by atoms with Crippen LogP contribution in [-0.4, -0.2) is 22.7 Å². The first-order chi connectivity index (χ1) is 8.16. The Labute approximate surface area is 98.2 Å². The van der Waals surface area contributed by atoms with Gasteiger partial charge < -0.3 is 9.64 Å². The highest BCUT2D eigenvalue weighted by Gasteiger charge is 2.25. The van der Waals surface area contributed by atoms with Crippen LogP contribution in [-0.2, 0) is 0 Å². The van der Waals surface area contributed by atoms with Gasteiger partial charge in [-0.15, -0.1) is 5.10 Å². The Hall–Kier alpha value is -2.30. The lowest BCUT2D eigenvalue weighted by Gasteiger charge is -2.25. The molecule has 0 bridgehead atoms. The number of aromatic nitrogens is 2. The predicted molar refractivity (Wildman–Crippen MR) is 63.1 cm³/mol. The van der Waals surface area contributed by atoms with Crippen molar-refractivity contribution in [2.45, 2.75) is 6.92 Å². The van der Waals surface area contributed by atoms with E-state index in [1.54, 1.807) is 6.20 Å². The van der Waals surface area contributed by atoms with Crippen LogP contribution in [0.4, 0.5) is 11.5 Å². The average Bonchev–Trinajstić information content (AvgIpc) is 2.74. The van der Waals surface area contributed by atoms with Crippen molar-refractivity contribution in [3.05, 3.63) is 30.5 Å². The average molecular weight is 229 g/mol. The van der Waals surface area contributed by atoms with Crippen LogP contribution in [0.25, 0.3) is 0 Å². The Morgan fingerprint density at radius 3 is 2.82 bits per heavy atom. The van der Waals surface area contributed by atoms with Gasteiger partial charge in [-0.05, 0) is 12.1 Å². The molecular weight excluding hydrogens is 218 g/mol. The molecule has 0 fully saturated rings. The topological polar surface area (TPSA) is 47.4 Å². The Bertz CT molecular complexity index is 604. The summed E-state index contributed by atoms with van der Waals surface area (Å²) in [5, 5.41) is 4.20. The Kier molecular flexibility index (Phi) is 1.95. The van der Waals surface area contributed by atoms with Crippen LogP contribution >= 0.6 is 0 Å². The molecule has 0 atom stereocenters. The molecule has 2 heterocycles. The van der Waals surface area contributed by atoms with Crippen LogP contribution in [0.5, 0.6) is 11.5 Å². The second kappa shape index (κ2) is 3.35. The van der Waals surface area contributed by atoms with Gasteiger partial charge >= 0.3 is 0 Å². The normalized spacial score (nSPS) is 12.7. The van der Waals surface area contributed by atoms with Crippen molar-refractivity contribution in [2.24, 2.45) is 0 Å². The van der Waals surface area contributed by atoms with Crippen LogP contribution < -0.4 is 9.64 Å². The maximum Gasteiger partial charge on any atom is 0.243 e. The molecule has 0 N–H and O–H groups in total. The van der Waals surface area contributed by atoms with E-state index in [9.17, 15) is 4.79 Å². The molecule has 17 heavy (non-hydrogen) atoms. The lowest BCUT2D eigenvalue weighted by atomic mass is 10.2. The van der Waals surface area contributed by atoms with Gasteiger partial charge in [-0.3, -0.25) is 4.79 Å². The molecule has 5 heteroatoms. The number of rotatable bonds is 0. The van der Waals surface area contributed by atoms with Crippen LogP contribution in [0.3, 0.4) is 0 Å². The molecule has 3 rings (SSSR count). The number of hydrogen-bond donors (Lipinski definition) is 0. The first kappa shape index (κ1) is 9.89. The SMILES string of the molecule is CC(=O)n1cc2c(n1)N(C)c1ccccc1O2. The molecule has 0 aliphatic carbocycles. The zero-order valence-electron chi connectivity index (χ0n) is 9.54. The number of ether oxygens (including phenoxy) is 1. The van der Waals surface area contributed by atoms with Crippen LogP contribution in [0.15, 0.2) is 30.5 Å². The fraction of sp³-hybridized carbons (Fsp3) is 0.167. The Balaban J connectivity index is 2.13. The molecule has 0 saturated heterocycles. The van der Waals surface area contributed by atoms with E-state index in [0.29, 0.717) is 11.6 Å². The largest absolute Gasteiger partial charge is 0.450 e. The lowest BCUT2D eigenvalue weighted by Crippen LogP contribution is -2.16. The molecule has 86 valence electrons. The van der Waals surface area contributed by atoms with Crippen molar-refractivity contribution < 1.29 is 9.53 Å². The highest BCUT2D eigenvalue weighted by molar-refractivity contribution is 5.79. The predicted octanol–water partition coefficient (Wildman–Crippen LogP) is 2.42. The molecule has 1 aromatic heterocycles. The minimum absolute atomic E-state index is 0.138. The summed E-state index contributed by atoms with van der Waals surface area (Å²) in [5.41, 5.74) is 0.939. The van der Waals surface area contributed by atoms with Gasteiger partial charge in [0.1, 0.15) is 0 Å². The van der Waals surface area contributed by atoms with E-state index in [0.717, 1.165) is 11.4 Å². The molecule has 0 radical (unpaired) electrons. The summed E-state index contributed by atoms with van der Waals surface area (Å²) in [6.07, 6.45) is 1.60. The van der Waals surface area contributed by atoms with Crippen molar-refractivity contribution in [1.82, 2.24) is 9.78 Å². The van der Waals surface area contributed by atoms with Gasteiger partial charge in [-0.1, -0.05) is 12.1 Å². The number of carbonyl (C=O) groups is 1. The lowest BCUT2D eigenvalue weighted by molar-refractivity contribution is 0.0921. The smallest absolute Gasteiger partial charge is 0.243 e. The fourth-order valence-corrected chi connectivity index (χ4v) is 1.87. The summed E-state index contributed by atoms with van der Waals surface area (Å²) in [7, 11) is 1.90. The van der Waals surface area contributed by atoms with E-state index >= 15 is 0 Å². The molecule has 2 aromatic rings. The molecule has 1 aliphatic rings. The Morgan fingerprint density at radius 2 is 2.06 bits per heavy atom. The van der Waals surface area contributed by atoms with Crippen molar-refractivity contribution in [3.8, 4) is 11.5 Å². The number of para-hydroxylation sites is 2. The summed E-state index contributed by atoms with van der Waals surface area (Å²) in [5.74, 6) is 1.88. The van der Waals surface area contributed by atoms with Gasteiger partial charge in [0, 0.05) is 14.0 Å². The van der Waals surface area contributed by atoms with E-state index in [-0.39, 0.29) is 5.91 Å². The maximum absolute atomic E-state index is 11.3. The third-order valence-corrected chi connectivity index (χ3v) is 2.75. The van der Waals surface area contributed by atoms with E-state index in [1.165, 1.54) is 11.6 Å². The number of fused-ring (bicyclic) bond motifs is 2. The third kappa shape index (κ3) is 1.39. The summed E-state index contributed by atoms with van der Waals surface area (Å²) < 4.78 is 6.99. The molecule has 1 aliphatic heterocycles. The summed E-state index contributed by atoms with van der Waals surface area (Å²) in [6.45, 7) is 1.46. The first-order valence-corrected chi connectivity index (χ1v) is 5.28. The molecule has 5 nitrogen and oxygen atoms in total. The summed E-state index contributed by atoms with van der Waals surface area (Å²) in [4.78, 5) is 13.2. The minimum Gasteiger partial charge on any atom is -0.450 e. The zero-order valence-corrected chi connectivity index (χ0v) is 9.54. The highest BCUT2D eigenvalue weighted by Crippen LogP contribution is 2.44. The zero-order chi connectivity index (χ0) is 12.0. The van der Waals surface area contributed by atoms with E-state index in [4.69, 9.17) is 4.74 Å². The van der Waals surface area contributed by atoms with Crippen LogP contribution in [0.1, 0.15) is 11.7 Å². The van der Waals surface area contributed by atoms with E-state index in [1.807, 2.05) is 36.2 Å². The van der Waals surface area contributed by atoms with Crippen molar-refractivity contribution >= 4 is 17.4 Å². The Morgan fingerprint density at radius 1 is 1.29 bits per heavy atom. The third-order valence-electron chi connectivity index (χ3n) is 2.75. The van der Waals surface area contributed by atoms with Crippen molar-refractivity contribution in [1.29, 1.82) is 0 Å². The molecular formula is C12H11N3O2. The van der Waals surface area contributed by atoms with Gasteiger partial charge in [0.15, 0.2) is 17.3 Å². The van der Waals surface area contributed by atoms with Gasteiger partial charge in [-0.25, -0.2) is 4.68 Å². The van der Waals surface area contributed by atoms with Gasteiger partial charge in [0.25, 0.3) is 0 Å². The molecule has 0 amide bonds. The number of benzene rings is 1. The van der Waals surface area contributed by atoms with Gasteiger partial charge in [0.05, 0.1) is 11.9 Å². The first-order valence-electron chi connectivity index (χ1n) is 5.28. The monoisotopic (exact) mass is 229 g/mol. The van der Waals surface area contributed by atoms with Gasteiger partial charge in [0.2, 0.25) is 5.91 Å². The van der Waals surface area contributed by atoms with E-state index in [2.05, 4.69) is 5.10 Å². The quantitative estimate of drug-likeness (QED) is 0.696. The number of anilines is 2. The number of hydrogen-bond acceptors (Lipinski definition) is 4. The fourth-order valence-electron chi connectivity index (χ4n) is 1.87. The second-order valence-corrected chi connectivity index (χ2v) is 3.91. The van der Waals surface area contributed by atoms with Crippen molar-refractivity contribution in [2.75, 3.05) is 11.9 Å². The van der Waals surface area contributed by atoms with Crippen LogP contribution in [0, 0.1) is 0 Å². The van der Waals surface area contributed by atoms with Crippen molar-refractivity contribution in [3.63, 3.8) is 0 Å². The minimum atomic E-state index is -0.138. The maximum atomic E-state index is 11.3.